The van der Waals surface area contributed by atoms with Crippen LogP contribution in [0.25, 0.3) is 0 Å². The van der Waals surface area contributed by atoms with Gasteiger partial charge in [0.05, 0.1) is 10.6 Å². The number of hydrogen-bond acceptors (Lipinski definition) is 3. The minimum atomic E-state index is -3.86. The SMILES string of the molecule is Cc1ccc(N)cc1S(=O)(=O)Nc1ccccc1F. The quantitative estimate of drug-likeness (QED) is 0.848. The van der Waals surface area contributed by atoms with Crippen LogP contribution in [0.4, 0.5) is 15.8 Å². The van der Waals surface area contributed by atoms with Crippen LogP contribution in [0.15, 0.2) is 47.4 Å². The number of nitrogens with two attached hydrogens (primary N) is 1. The van der Waals surface area contributed by atoms with Gasteiger partial charge in [-0.25, -0.2) is 12.8 Å². The number of nitrogen functional groups attached to an aromatic ring is 1. The summed E-state index contributed by atoms with van der Waals surface area (Å²) in [6, 6.07) is 10.1. The maximum Gasteiger partial charge on any atom is 0.262 e. The number of hydrogen-bond donors (Lipinski definition) is 2. The van der Waals surface area contributed by atoms with Crippen LogP contribution in [0.3, 0.4) is 0 Å². The molecular formula is C13H13FN2O2S. The van der Waals surface area contributed by atoms with Gasteiger partial charge < -0.3 is 5.73 Å². The smallest absolute Gasteiger partial charge is 0.262 e. The molecule has 0 aliphatic heterocycles. The van der Waals surface area contributed by atoms with Gasteiger partial charge in [-0.2, -0.15) is 0 Å². The second-order valence-electron chi connectivity index (χ2n) is 4.11. The first-order valence-corrected chi connectivity index (χ1v) is 7.02. The highest BCUT2D eigenvalue weighted by Crippen LogP contribution is 2.22. The summed E-state index contributed by atoms with van der Waals surface area (Å²) in [5.41, 5.74) is 6.36. The molecule has 6 heteroatoms. The molecule has 19 heavy (non-hydrogen) atoms. The van der Waals surface area contributed by atoms with E-state index in [4.69, 9.17) is 5.73 Å². The fraction of sp³-hybridized carbons (Fsp3) is 0.0769. The Hall–Kier alpha value is -2.08. The van der Waals surface area contributed by atoms with Crippen molar-refractivity contribution >= 4 is 21.4 Å². The summed E-state index contributed by atoms with van der Waals surface area (Å²) < 4.78 is 40.1. The third-order valence-corrected chi connectivity index (χ3v) is 4.13. The van der Waals surface area contributed by atoms with Crippen molar-refractivity contribution in [2.75, 3.05) is 10.5 Å². The molecule has 0 aliphatic rings. The van der Waals surface area contributed by atoms with Gasteiger partial charge in [0, 0.05) is 5.69 Å². The molecule has 0 heterocycles. The lowest BCUT2D eigenvalue weighted by Gasteiger charge is -2.11. The lowest BCUT2D eigenvalue weighted by atomic mass is 10.2. The van der Waals surface area contributed by atoms with Crippen molar-refractivity contribution in [3.63, 3.8) is 0 Å². The van der Waals surface area contributed by atoms with E-state index in [0.29, 0.717) is 11.3 Å². The lowest BCUT2D eigenvalue weighted by Crippen LogP contribution is -2.15. The van der Waals surface area contributed by atoms with Crippen molar-refractivity contribution in [2.45, 2.75) is 11.8 Å². The maximum absolute atomic E-state index is 13.5. The highest BCUT2D eigenvalue weighted by molar-refractivity contribution is 7.92. The van der Waals surface area contributed by atoms with E-state index in [0.717, 1.165) is 0 Å². The van der Waals surface area contributed by atoms with Crippen LogP contribution in [0.1, 0.15) is 5.56 Å². The molecule has 0 aliphatic carbocycles. The summed E-state index contributed by atoms with van der Waals surface area (Å²) in [5.74, 6) is -0.632. The molecule has 0 fully saturated rings. The number of halogens is 1. The predicted molar refractivity (Wildman–Crippen MR) is 72.8 cm³/mol. The second-order valence-corrected chi connectivity index (χ2v) is 5.76. The number of rotatable bonds is 3. The molecule has 3 N–H and O–H groups in total. The zero-order valence-corrected chi connectivity index (χ0v) is 11.0. The number of aryl methyl sites for hydroxylation is 1. The Morgan fingerprint density at radius 2 is 1.84 bits per heavy atom. The average molecular weight is 280 g/mol. The van der Waals surface area contributed by atoms with Gasteiger partial charge in [0.15, 0.2) is 0 Å². The second kappa shape index (κ2) is 4.89. The summed E-state index contributed by atoms with van der Waals surface area (Å²) in [7, 11) is -3.86. The largest absolute Gasteiger partial charge is 0.399 e. The Balaban J connectivity index is 2.44. The molecule has 0 saturated heterocycles. The van der Waals surface area contributed by atoms with Crippen LogP contribution in [0.2, 0.25) is 0 Å². The molecule has 0 radical (unpaired) electrons. The first-order chi connectivity index (χ1) is 8.90. The Labute approximate surface area is 111 Å². The summed E-state index contributed by atoms with van der Waals surface area (Å²) in [6.45, 7) is 1.65. The Kier molecular flexibility index (Phi) is 3.44. The van der Waals surface area contributed by atoms with Crippen LogP contribution in [0.5, 0.6) is 0 Å². The first-order valence-electron chi connectivity index (χ1n) is 5.53. The third kappa shape index (κ3) is 2.85. The maximum atomic E-state index is 13.5. The number of para-hydroxylation sites is 1. The van der Waals surface area contributed by atoms with E-state index in [1.54, 1.807) is 25.1 Å². The lowest BCUT2D eigenvalue weighted by molar-refractivity contribution is 0.598. The number of benzene rings is 2. The molecule has 0 unspecified atom stereocenters. The van der Waals surface area contributed by atoms with E-state index in [9.17, 15) is 12.8 Å². The molecule has 0 saturated carbocycles. The van der Waals surface area contributed by atoms with E-state index in [1.807, 2.05) is 0 Å². The van der Waals surface area contributed by atoms with Gasteiger partial charge in [-0.05, 0) is 36.8 Å². The van der Waals surface area contributed by atoms with Crippen LogP contribution in [-0.4, -0.2) is 8.42 Å². The minimum absolute atomic E-state index is 0.0377. The van der Waals surface area contributed by atoms with Crippen molar-refractivity contribution in [3.05, 3.63) is 53.8 Å². The Morgan fingerprint density at radius 1 is 1.16 bits per heavy atom. The normalized spacial score (nSPS) is 11.3. The fourth-order valence-electron chi connectivity index (χ4n) is 1.65. The number of nitrogens with one attached hydrogen (secondary N) is 1. The summed E-state index contributed by atoms with van der Waals surface area (Å²) in [6.07, 6.45) is 0. The van der Waals surface area contributed by atoms with Crippen molar-refractivity contribution in [3.8, 4) is 0 Å². The van der Waals surface area contributed by atoms with Gasteiger partial charge in [-0.15, -0.1) is 0 Å². The van der Waals surface area contributed by atoms with Crippen LogP contribution in [-0.2, 0) is 10.0 Å². The molecule has 2 aromatic carbocycles. The highest BCUT2D eigenvalue weighted by atomic mass is 32.2. The third-order valence-electron chi connectivity index (χ3n) is 2.62. The van der Waals surface area contributed by atoms with Gasteiger partial charge in [0.25, 0.3) is 10.0 Å². The van der Waals surface area contributed by atoms with Crippen LogP contribution < -0.4 is 10.5 Å². The monoisotopic (exact) mass is 280 g/mol. The van der Waals surface area contributed by atoms with Gasteiger partial charge in [0.1, 0.15) is 5.82 Å². The van der Waals surface area contributed by atoms with Crippen molar-refractivity contribution in [2.24, 2.45) is 0 Å². The van der Waals surface area contributed by atoms with E-state index in [2.05, 4.69) is 4.72 Å². The Morgan fingerprint density at radius 3 is 2.53 bits per heavy atom. The molecule has 0 amide bonds. The molecule has 2 rings (SSSR count). The molecule has 0 aromatic heterocycles. The van der Waals surface area contributed by atoms with E-state index < -0.39 is 15.8 Å². The molecule has 100 valence electrons. The van der Waals surface area contributed by atoms with E-state index in [1.165, 1.54) is 24.3 Å². The van der Waals surface area contributed by atoms with Gasteiger partial charge >= 0.3 is 0 Å². The topological polar surface area (TPSA) is 72.2 Å². The average Bonchev–Trinajstić information content (AvgIpc) is 2.35. The molecule has 0 spiro atoms. The van der Waals surface area contributed by atoms with Gasteiger partial charge in [-0.1, -0.05) is 18.2 Å². The van der Waals surface area contributed by atoms with Crippen LogP contribution in [0, 0.1) is 12.7 Å². The Bertz CT molecular complexity index is 714. The van der Waals surface area contributed by atoms with Crippen molar-refractivity contribution in [1.29, 1.82) is 0 Å². The number of anilines is 2. The standard InChI is InChI=1S/C13H13FN2O2S/c1-9-6-7-10(15)8-13(9)19(17,18)16-12-5-3-2-4-11(12)14/h2-8,16H,15H2,1H3. The molecule has 2 aromatic rings. The van der Waals surface area contributed by atoms with Crippen molar-refractivity contribution < 1.29 is 12.8 Å². The van der Waals surface area contributed by atoms with Crippen LogP contribution >= 0.6 is 0 Å². The molecular weight excluding hydrogens is 267 g/mol. The van der Waals surface area contributed by atoms with Crippen molar-refractivity contribution in [1.82, 2.24) is 0 Å². The fourth-order valence-corrected chi connectivity index (χ4v) is 3.00. The molecule has 0 bridgehead atoms. The van der Waals surface area contributed by atoms with Gasteiger partial charge in [-0.3, -0.25) is 4.72 Å². The first kappa shape index (κ1) is 13.4. The summed E-state index contributed by atoms with van der Waals surface area (Å²) in [5, 5.41) is 0. The predicted octanol–water partition coefficient (Wildman–Crippen LogP) is 2.52. The highest BCUT2D eigenvalue weighted by Gasteiger charge is 2.18. The summed E-state index contributed by atoms with van der Waals surface area (Å²) >= 11 is 0. The van der Waals surface area contributed by atoms with E-state index >= 15 is 0 Å². The molecule has 4 nitrogen and oxygen atoms in total. The van der Waals surface area contributed by atoms with E-state index in [-0.39, 0.29) is 10.6 Å². The summed E-state index contributed by atoms with van der Waals surface area (Å²) in [4.78, 5) is 0.0377. The minimum Gasteiger partial charge on any atom is -0.399 e. The zero-order chi connectivity index (χ0) is 14.0. The van der Waals surface area contributed by atoms with Gasteiger partial charge in [0.2, 0.25) is 0 Å². The number of sulfonamides is 1. The molecule has 0 atom stereocenters. The zero-order valence-electron chi connectivity index (χ0n) is 10.2.